The van der Waals surface area contributed by atoms with E-state index < -0.39 is 23.9 Å². The van der Waals surface area contributed by atoms with Gasteiger partial charge in [0.25, 0.3) is 0 Å². The standard InChI is InChI=1S/C12H13NO4/c13-10(12(16)17)9(11(14)15)7-6-8-4-2-1-3-5-8/h1-7,9-10H,13H2,(H,14,15)(H,16,17)/b7-6+/t9?,10-/m0/s1. The number of nitrogens with two attached hydrogens (primary N) is 1. The van der Waals surface area contributed by atoms with Crippen LogP contribution in [0.3, 0.4) is 0 Å². The van der Waals surface area contributed by atoms with Crippen molar-refractivity contribution in [2.24, 2.45) is 11.7 Å². The Labute approximate surface area is 98.2 Å². The maximum absolute atomic E-state index is 10.9. The third kappa shape index (κ3) is 3.73. The molecular weight excluding hydrogens is 222 g/mol. The SMILES string of the molecule is N[C@H](C(=O)O)C(/C=C/c1ccccc1)C(=O)O. The molecule has 90 valence electrons. The van der Waals surface area contributed by atoms with Crippen molar-refractivity contribution >= 4 is 18.0 Å². The summed E-state index contributed by atoms with van der Waals surface area (Å²) < 4.78 is 0. The molecule has 0 radical (unpaired) electrons. The highest BCUT2D eigenvalue weighted by atomic mass is 16.4. The van der Waals surface area contributed by atoms with Crippen molar-refractivity contribution in [2.75, 3.05) is 0 Å². The van der Waals surface area contributed by atoms with Crippen LogP contribution in [-0.2, 0) is 9.59 Å². The van der Waals surface area contributed by atoms with E-state index in [1.165, 1.54) is 6.08 Å². The number of carbonyl (C=O) groups is 2. The molecule has 1 unspecified atom stereocenters. The fourth-order valence-electron chi connectivity index (χ4n) is 1.29. The van der Waals surface area contributed by atoms with Crippen LogP contribution in [0.1, 0.15) is 5.56 Å². The fraction of sp³-hybridized carbons (Fsp3) is 0.167. The zero-order chi connectivity index (χ0) is 12.8. The second-order valence-electron chi connectivity index (χ2n) is 3.50. The first-order valence-corrected chi connectivity index (χ1v) is 4.97. The zero-order valence-corrected chi connectivity index (χ0v) is 8.98. The molecule has 5 nitrogen and oxygen atoms in total. The summed E-state index contributed by atoms with van der Waals surface area (Å²) in [4.78, 5) is 21.5. The van der Waals surface area contributed by atoms with Gasteiger partial charge in [-0.3, -0.25) is 9.59 Å². The lowest BCUT2D eigenvalue weighted by Gasteiger charge is -2.11. The first-order chi connectivity index (χ1) is 8.02. The van der Waals surface area contributed by atoms with Crippen molar-refractivity contribution in [1.82, 2.24) is 0 Å². The van der Waals surface area contributed by atoms with Gasteiger partial charge in [-0.15, -0.1) is 0 Å². The minimum absolute atomic E-state index is 0.788. The highest BCUT2D eigenvalue weighted by Crippen LogP contribution is 2.09. The molecule has 0 fully saturated rings. The van der Waals surface area contributed by atoms with Gasteiger partial charge in [-0.25, -0.2) is 0 Å². The Balaban J connectivity index is 2.84. The van der Waals surface area contributed by atoms with E-state index in [4.69, 9.17) is 15.9 Å². The number of aliphatic carboxylic acids is 2. The van der Waals surface area contributed by atoms with Crippen molar-refractivity contribution in [3.05, 3.63) is 42.0 Å². The van der Waals surface area contributed by atoms with Gasteiger partial charge in [0.2, 0.25) is 0 Å². The number of hydrogen-bond donors (Lipinski definition) is 3. The summed E-state index contributed by atoms with van der Waals surface area (Å²) in [5, 5.41) is 17.6. The van der Waals surface area contributed by atoms with Crippen molar-refractivity contribution < 1.29 is 19.8 Å². The van der Waals surface area contributed by atoms with Gasteiger partial charge in [0.05, 0.1) is 0 Å². The molecule has 0 saturated heterocycles. The van der Waals surface area contributed by atoms with Crippen molar-refractivity contribution in [2.45, 2.75) is 6.04 Å². The minimum atomic E-state index is -1.45. The smallest absolute Gasteiger partial charge is 0.321 e. The quantitative estimate of drug-likeness (QED) is 0.701. The summed E-state index contributed by atoms with van der Waals surface area (Å²) in [6.07, 6.45) is 2.83. The summed E-state index contributed by atoms with van der Waals surface area (Å²) in [6, 6.07) is 7.53. The van der Waals surface area contributed by atoms with E-state index in [0.717, 1.165) is 5.56 Å². The molecule has 0 saturated carbocycles. The molecule has 5 heteroatoms. The highest BCUT2D eigenvalue weighted by Gasteiger charge is 2.27. The Hall–Kier alpha value is -2.14. The Kier molecular flexibility index (Phi) is 4.42. The molecule has 0 bridgehead atoms. The Morgan fingerprint density at radius 1 is 1.12 bits per heavy atom. The molecule has 0 aliphatic heterocycles. The van der Waals surface area contributed by atoms with Gasteiger partial charge in [0, 0.05) is 0 Å². The molecule has 1 aromatic carbocycles. The lowest BCUT2D eigenvalue weighted by molar-refractivity contribution is -0.148. The topological polar surface area (TPSA) is 101 Å². The van der Waals surface area contributed by atoms with E-state index in [1.807, 2.05) is 6.07 Å². The molecule has 1 rings (SSSR count). The van der Waals surface area contributed by atoms with Crippen LogP contribution in [0.2, 0.25) is 0 Å². The van der Waals surface area contributed by atoms with Gasteiger partial charge >= 0.3 is 11.9 Å². The Morgan fingerprint density at radius 2 is 1.71 bits per heavy atom. The largest absolute Gasteiger partial charge is 0.481 e. The molecule has 0 spiro atoms. The van der Waals surface area contributed by atoms with Crippen LogP contribution in [-0.4, -0.2) is 28.2 Å². The van der Waals surface area contributed by atoms with Gasteiger partial charge < -0.3 is 15.9 Å². The molecule has 0 aliphatic rings. The third-order valence-corrected chi connectivity index (χ3v) is 2.25. The normalized spacial score (nSPS) is 14.4. The van der Waals surface area contributed by atoms with Gasteiger partial charge in [-0.1, -0.05) is 42.5 Å². The molecule has 0 aromatic heterocycles. The number of carboxylic acids is 2. The van der Waals surface area contributed by atoms with Gasteiger partial charge in [-0.05, 0) is 5.56 Å². The molecule has 2 atom stereocenters. The molecule has 0 amide bonds. The maximum atomic E-state index is 10.9. The first kappa shape index (κ1) is 12.9. The molecule has 1 aromatic rings. The summed E-state index contributed by atoms with van der Waals surface area (Å²) in [7, 11) is 0. The highest BCUT2D eigenvalue weighted by molar-refractivity contribution is 5.84. The predicted octanol–water partition coefficient (Wildman–Crippen LogP) is 0.812. The van der Waals surface area contributed by atoms with Gasteiger partial charge in [-0.2, -0.15) is 0 Å². The summed E-state index contributed by atoms with van der Waals surface area (Å²) in [6.45, 7) is 0. The van der Waals surface area contributed by atoms with Crippen LogP contribution in [0.4, 0.5) is 0 Å². The van der Waals surface area contributed by atoms with Crippen LogP contribution >= 0.6 is 0 Å². The van der Waals surface area contributed by atoms with Crippen molar-refractivity contribution in [3.63, 3.8) is 0 Å². The van der Waals surface area contributed by atoms with E-state index >= 15 is 0 Å². The second-order valence-corrected chi connectivity index (χ2v) is 3.50. The number of carboxylic acid groups (broad SMARTS) is 2. The van der Waals surface area contributed by atoms with E-state index in [0.29, 0.717) is 0 Å². The van der Waals surface area contributed by atoms with Crippen molar-refractivity contribution in [1.29, 1.82) is 0 Å². The lowest BCUT2D eigenvalue weighted by Crippen LogP contribution is -2.40. The monoisotopic (exact) mass is 235 g/mol. The van der Waals surface area contributed by atoms with Gasteiger partial charge in [0.1, 0.15) is 12.0 Å². The zero-order valence-electron chi connectivity index (χ0n) is 8.98. The van der Waals surface area contributed by atoms with E-state index in [9.17, 15) is 9.59 Å². The van der Waals surface area contributed by atoms with E-state index in [2.05, 4.69) is 0 Å². The molecule has 0 aliphatic carbocycles. The number of rotatable bonds is 5. The molecule has 17 heavy (non-hydrogen) atoms. The van der Waals surface area contributed by atoms with Crippen molar-refractivity contribution in [3.8, 4) is 0 Å². The first-order valence-electron chi connectivity index (χ1n) is 4.97. The fourth-order valence-corrected chi connectivity index (χ4v) is 1.29. The van der Waals surface area contributed by atoms with E-state index in [1.54, 1.807) is 30.3 Å². The summed E-state index contributed by atoms with van der Waals surface area (Å²) in [5.41, 5.74) is 6.08. The Morgan fingerprint density at radius 3 is 2.18 bits per heavy atom. The lowest BCUT2D eigenvalue weighted by atomic mass is 9.99. The summed E-state index contributed by atoms with van der Waals surface area (Å²) >= 11 is 0. The van der Waals surface area contributed by atoms with Crippen LogP contribution in [0.25, 0.3) is 6.08 Å². The second kappa shape index (κ2) is 5.81. The van der Waals surface area contributed by atoms with Crippen LogP contribution in [0.15, 0.2) is 36.4 Å². The predicted molar refractivity (Wildman–Crippen MR) is 62.2 cm³/mol. The third-order valence-electron chi connectivity index (χ3n) is 2.25. The molecular formula is C12H13NO4. The number of hydrogen-bond acceptors (Lipinski definition) is 3. The molecule has 4 N–H and O–H groups in total. The minimum Gasteiger partial charge on any atom is -0.481 e. The van der Waals surface area contributed by atoms with Gasteiger partial charge in [0.15, 0.2) is 0 Å². The van der Waals surface area contributed by atoms with Crippen LogP contribution < -0.4 is 5.73 Å². The van der Waals surface area contributed by atoms with Crippen LogP contribution in [0.5, 0.6) is 0 Å². The summed E-state index contributed by atoms with van der Waals surface area (Å²) in [5.74, 6) is -3.84. The maximum Gasteiger partial charge on any atom is 0.321 e. The molecule has 0 heterocycles. The average molecular weight is 235 g/mol. The van der Waals surface area contributed by atoms with Crippen LogP contribution in [0, 0.1) is 5.92 Å². The average Bonchev–Trinajstić information content (AvgIpc) is 2.29. The van der Waals surface area contributed by atoms with E-state index in [-0.39, 0.29) is 0 Å². The Bertz CT molecular complexity index is 427. The number of benzene rings is 1.